The standard InChI is InChI=1S/C21H20ClN3O3/c22-17-12-13(25-11-5-1-2-8-18(25)21(27)28)9-10-16(17)19-14-6-3-4-7-15(14)20(26)24-23-19/h3-4,6-7,9-10,12,18H,1-2,5,8,11H2,(H,24,26)(H,27,28). The lowest BCUT2D eigenvalue weighted by Crippen LogP contribution is -2.40. The molecule has 0 bridgehead atoms. The molecule has 6 nitrogen and oxygen atoms in total. The smallest absolute Gasteiger partial charge is 0.326 e. The van der Waals surface area contributed by atoms with Gasteiger partial charge in [-0.15, -0.1) is 0 Å². The van der Waals surface area contributed by atoms with Crippen LogP contribution in [0.15, 0.2) is 47.3 Å². The number of halogens is 1. The molecule has 144 valence electrons. The quantitative estimate of drug-likeness (QED) is 0.695. The van der Waals surface area contributed by atoms with E-state index < -0.39 is 12.0 Å². The van der Waals surface area contributed by atoms with Gasteiger partial charge in [-0.2, -0.15) is 5.10 Å². The van der Waals surface area contributed by atoms with Crippen LogP contribution in [0.2, 0.25) is 5.02 Å². The largest absolute Gasteiger partial charge is 0.480 e. The van der Waals surface area contributed by atoms with Crippen molar-refractivity contribution in [3.63, 3.8) is 0 Å². The first-order valence-corrected chi connectivity index (χ1v) is 9.71. The van der Waals surface area contributed by atoms with Gasteiger partial charge in [-0.05, 0) is 37.1 Å². The number of carboxylic acids is 1. The van der Waals surface area contributed by atoms with Crippen molar-refractivity contribution in [1.29, 1.82) is 0 Å². The van der Waals surface area contributed by atoms with E-state index in [4.69, 9.17) is 11.6 Å². The Bertz CT molecular complexity index is 1100. The average Bonchev–Trinajstić information content (AvgIpc) is 2.95. The van der Waals surface area contributed by atoms with Gasteiger partial charge in [-0.1, -0.05) is 42.6 Å². The van der Waals surface area contributed by atoms with Crippen LogP contribution in [0, 0.1) is 0 Å². The second-order valence-corrected chi connectivity index (χ2v) is 7.42. The highest BCUT2D eigenvalue weighted by Gasteiger charge is 2.27. The number of anilines is 1. The van der Waals surface area contributed by atoms with Crippen LogP contribution in [0.3, 0.4) is 0 Å². The van der Waals surface area contributed by atoms with E-state index in [1.165, 1.54) is 0 Å². The summed E-state index contributed by atoms with van der Waals surface area (Å²) in [5.41, 5.74) is 1.83. The van der Waals surface area contributed by atoms with Crippen LogP contribution < -0.4 is 10.5 Å². The number of fused-ring (bicyclic) bond motifs is 1. The molecule has 1 saturated heterocycles. The van der Waals surface area contributed by atoms with Crippen LogP contribution in [0.1, 0.15) is 25.7 Å². The minimum absolute atomic E-state index is 0.249. The van der Waals surface area contributed by atoms with Crippen molar-refractivity contribution >= 4 is 34.0 Å². The van der Waals surface area contributed by atoms with Gasteiger partial charge in [0.05, 0.1) is 10.4 Å². The average molecular weight is 398 g/mol. The van der Waals surface area contributed by atoms with E-state index in [9.17, 15) is 14.7 Å². The zero-order valence-electron chi connectivity index (χ0n) is 15.2. The molecule has 0 radical (unpaired) electrons. The minimum atomic E-state index is -0.810. The van der Waals surface area contributed by atoms with Crippen molar-refractivity contribution in [3.8, 4) is 11.3 Å². The number of aromatic nitrogens is 2. The molecule has 3 aromatic rings. The SMILES string of the molecule is O=C(O)C1CCCCCN1c1ccc(-c2n[nH]c(=O)c3ccccc23)c(Cl)c1. The van der Waals surface area contributed by atoms with Crippen molar-refractivity contribution in [2.24, 2.45) is 0 Å². The van der Waals surface area contributed by atoms with Crippen molar-refractivity contribution in [2.75, 3.05) is 11.4 Å². The van der Waals surface area contributed by atoms with Crippen molar-refractivity contribution in [3.05, 3.63) is 57.8 Å². The number of hydrogen-bond acceptors (Lipinski definition) is 4. The second kappa shape index (κ2) is 7.64. The molecular formula is C21H20ClN3O3. The molecular weight excluding hydrogens is 378 g/mol. The van der Waals surface area contributed by atoms with Gasteiger partial charge in [-0.25, -0.2) is 9.89 Å². The number of nitrogens with one attached hydrogen (secondary N) is 1. The molecule has 1 fully saturated rings. The van der Waals surface area contributed by atoms with Crippen LogP contribution in [-0.2, 0) is 4.79 Å². The summed E-state index contributed by atoms with van der Waals surface area (Å²) in [5.74, 6) is -0.810. The monoisotopic (exact) mass is 397 g/mol. The summed E-state index contributed by atoms with van der Waals surface area (Å²) >= 11 is 6.59. The molecule has 2 N–H and O–H groups in total. The molecule has 7 heteroatoms. The van der Waals surface area contributed by atoms with Crippen LogP contribution in [0.5, 0.6) is 0 Å². The molecule has 1 aliphatic rings. The summed E-state index contributed by atoms with van der Waals surface area (Å²) in [6.07, 6.45) is 3.52. The third kappa shape index (κ3) is 3.36. The Labute approximate surface area is 166 Å². The highest BCUT2D eigenvalue weighted by Crippen LogP contribution is 2.35. The lowest BCUT2D eigenvalue weighted by molar-refractivity contribution is -0.138. The van der Waals surface area contributed by atoms with E-state index in [2.05, 4.69) is 10.2 Å². The summed E-state index contributed by atoms with van der Waals surface area (Å²) in [7, 11) is 0. The molecule has 0 amide bonds. The molecule has 28 heavy (non-hydrogen) atoms. The fourth-order valence-electron chi connectivity index (χ4n) is 3.87. The highest BCUT2D eigenvalue weighted by molar-refractivity contribution is 6.34. The van der Waals surface area contributed by atoms with Gasteiger partial charge >= 0.3 is 5.97 Å². The number of benzene rings is 2. The fourth-order valence-corrected chi connectivity index (χ4v) is 4.13. The summed E-state index contributed by atoms with van der Waals surface area (Å²) < 4.78 is 0. The van der Waals surface area contributed by atoms with Crippen molar-refractivity contribution in [2.45, 2.75) is 31.7 Å². The van der Waals surface area contributed by atoms with Gasteiger partial charge in [0.15, 0.2) is 0 Å². The van der Waals surface area contributed by atoms with Gasteiger partial charge in [0.2, 0.25) is 0 Å². The molecule has 1 aromatic heterocycles. The molecule has 0 aliphatic carbocycles. The first kappa shape index (κ1) is 18.5. The maximum atomic E-state index is 12.0. The van der Waals surface area contributed by atoms with E-state index >= 15 is 0 Å². The lowest BCUT2D eigenvalue weighted by Gasteiger charge is -2.29. The van der Waals surface area contributed by atoms with Gasteiger partial charge in [0, 0.05) is 23.2 Å². The molecule has 0 spiro atoms. The second-order valence-electron chi connectivity index (χ2n) is 7.01. The van der Waals surface area contributed by atoms with Gasteiger partial charge in [0.25, 0.3) is 5.56 Å². The summed E-state index contributed by atoms with van der Waals surface area (Å²) in [4.78, 5) is 25.7. The van der Waals surface area contributed by atoms with Gasteiger partial charge in [0.1, 0.15) is 11.7 Å². The third-order valence-electron chi connectivity index (χ3n) is 5.27. The summed E-state index contributed by atoms with van der Waals surface area (Å²) in [5, 5.41) is 18.1. The van der Waals surface area contributed by atoms with Crippen molar-refractivity contribution in [1.82, 2.24) is 10.2 Å². The molecule has 2 heterocycles. The molecule has 1 atom stereocenters. The normalized spacial score (nSPS) is 17.5. The molecule has 0 saturated carbocycles. The first-order chi connectivity index (χ1) is 13.6. The number of carbonyl (C=O) groups is 1. The first-order valence-electron chi connectivity index (χ1n) is 9.33. The van der Waals surface area contributed by atoms with E-state index in [1.54, 1.807) is 18.2 Å². The number of aromatic amines is 1. The molecule has 2 aromatic carbocycles. The molecule has 4 rings (SSSR count). The Hall–Kier alpha value is -2.86. The Morgan fingerprint density at radius 1 is 1.14 bits per heavy atom. The minimum Gasteiger partial charge on any atom is -0.480 e. The van der Waals surface area contributed by atoms with Crippen LogP contribution >= 0.6 is 11.6 Å². The Morgan fingerprint density at radius 3 is 2.68 bits per heavy atom. The number of aliphatic carboxylic acids is 1. The number of nitrogens with zero attached hydrogens (tertiary/aromatic N) is 2. The van der Waals surface area contributed by atoms with Crippen LogP contribution in [0.25, 0.3) is 22.0 Å². The maximum Gasteiger partial charge on any atom is 0.326 e. The predicted octanol–water partition coefficient (Wildman–Crippen LogP) is 4.08. The molecule has 1 unspecified atom stereocenters. The topological polar surface area (TPSA) is 86.3 Å². The van der Waals surface area contributed by atoms with E-state index in [0.29, 0.717) is 34.6 Å². The summed E-state index contributed by atoms with van der Waals surface area (Å²) in [6.45, 7) is 0.687. The fraction of sp³-hybridized carbons (Fsp3) is 0.286. The van der Waals surface area contributed by atoms with Gasteiger partial charge < -0.3 is 10.0 Å². The Morgan fingerprint density at radius 2 is 1.93 bits per heavy atom. The zero-order chi connectivity index (χ0) is 19.7. The molecule has 1 aliphatic heterocycles. The van der Waals surface area contributed by atoms with Crippen LogP contribution in [0.4, 0.5) is 5.69 Å². The number of carboxylic acid groups (broad SMARTS) is 1. The highest BCUT2D eigenvalue weighted by atomic mass is 35.5. The van der Waals surface area contributed by atoms with E-state index in [0.717, 1.165) is 30.3 Å². The lowest BCUT2D eigenvalue weighted by atomic mass is 10.0. The zero-order valence-corrected chi connectivity index (χ0v) is 15.9. The Balaban J connectivity index is 1.78. The summed E-state index contributed by atoms with van der Waals surface area (Å²) in [6, 6.07) is 12.2. The van der Waals surface area contributed by atoms with Crippen LogP contribution in [-0.4, -0.2) is 33.9 Å². The third-order valence-corrected chi connectivity index (χ3v) is 5.59. The van der Waals surface area contributed by atoms with E-state index in [-0.39, 0.29) is 5.56 Å². The number of H-pyrrole nitrogens is 1. The Kier molecular flexibility index (Phi) is 5.05. The maximum absolute atomic E-state index is 12.0. The van der Waals surface area contributed by atoms with E-state index in [1.807, 2.05) is 29.2 Å². The van der Waals surface area contributed by atoms with Gasteiger partial charge in [-0.3, -0.25) is 4.79 Å². The number of hydrogen-bond donors (Lipinski definition) is 2. The van der Waals surface area contributed by atoms with Crippen molar-refractivity contribution < 1.29 is 9.90 Å². The number of rotatable bonds is 3. The predicted molar refractivity (Wildman–Crippen MR) is 110 cm³/mol.